The minimum Gasteiger partial charge on any atom is -0.456 e. The summed E-state index contributed by atoms with van der Waals surface area (Å²) in [6.07, 6.45) is 1.57. The molecule has 0 aliphatic carbocycles. The molecule has 2 heterocycles. The molecule has 0 spiro atoms. The maximum Gasteiger partial charge on any atom is 0.280 e. The lowest BCUT2D eigenvalue weighted by Gasteiger charge is -2.12. The number of nitrogens with zero attached hydrogens (tertiary/aromatic N) is 3. The number of amides is 2. The number of hydrogen-bond acceptors (Lipinski definition) is 6. The molecular weight excluding hydrogens is 436 g/mol. The molecule has 9 heteroatoms. The Balaban J connectivity index is 1.63. The first-order valence-electron chi connectivity index (χ1n) is 10.5. The number of carbonyl (C=O) groups is 2. The molecule has 0 unspecified atom stereocenters. The van der Waals surface area contributed by atoms with Crippen LogP contribution >= 0.6 is 0 Å². The van der Waals surface area contributed by atoms with Crippen LogP contribution in [0, 0.1) is 24.0 Å². The predicted octanol–water partition coefficient (Wildman–Crippen LogP) is 4.64. The second-order valence-corrected chi connectivity index (χ2v) is 7.90. The van der Waals surface area contributed by atoms with Crippen molar-refractivity contribution in [2.75, 3.05) is 12.1 Å². The highest BCUT2D eigenvalue weighted by Crippen LogP contribution is 2.34. The van der Waals surface area contributed by atoms with E-state index in [0.29, 0.717) is 39.6 Å². The van der Waals surface area contributed by atoms with Crippen molar-refractivity contribution < 1.29 is 18.9 Å². The fraction of sp³-hybridized carbons (Fsp3) is 0.160. The molecule has 0 fully saturated rings. The van der Waals surface area contributed by atoms with Gasteiger partial charge in [0.05, 0.1) is 27.5 Å². The van der Waals surface area contributed by atoms with Crippen LogP contribution in [0.15, 0.2) is 63.6 Å². The molecule has 0 bridgehead atoms. The topological polar surface area (TPSA) is 118 Å². The molecule has 0 saturated carbocycles. The summed E-state index contributed by atoms with van der Waals surface area (Å²) in [5.41, 5.74) is 3.88. The number of nitro benzene ring substituents is 1. The van der Waals surface area contributed by atoms with Gasteiger partial charge in [0, 0.05) is 18.7 Å². The number of nitrogens with one attached hydrogen (secondary N) is 1. The van der Waals surface area contributed by atoms with E-state index in [1.807, 2.05) is 13.8 Å². The summed E-state index contributed by atoms with van der Waals surface area (Å²) in [5, 5.41) is 19.7. The van der Waals surface area contributed by atoms with E-state index in [-0.39, 0.29) is 17.5 Å². The fourth-order valence-electron chi connectivity index (χ4n) is 3.62. The molecule has 1 aliphatic rings. The van der Waals surface area contributed by atoms with Gasteiger partial charge in [-0.05, 0) is 80.4 Å². The Hall–Kier alpha value is -4.53. The minimum atomic E-state index is -0.437. The number of hydrogen-bond donors (Lipinski definition) is 1. The summed E-state index contributed by atoms with van der Waals surface area (Å²) < 4.78 is 5.86. The first kappa shape index (κ1) is 22.7. The van der Waals surface area contributed by atoms with E-state index in [2.05, 4.69) is 10.4 Å². The molecule has 1 aromatic heterocycles. The van der Waals surface area contributed by atoms with Gasteiger partial charge in [-0.3, -0.25) is 19.7 Å². The normalized spacial score (nSPS) is 14.5. The van der Waals surface area contributed by atoms with Crippen LogP contribution < -0.4 is 10.3 Å². The third-order valence-electron chi connectivity index (χ3n) is 5.65. The molecule has 1 N–H and O–H groups in total. The average Bonchev–Trinajstić information content (AvgIpc) is 3.40. The minimum absolute atomic E-state index is 0.0438. The molecule has 2 amide bonds. The van der Waals surface area contributed by atoms with Crippen LogP contribution in [0.2, 0.25) is 0 Å². The molecule has 3 aromatic rings. The van der Waals surface area contributed by atoms with Crippen molar-refractivity contribution in [2.24, 2.45) is 5.10 Å². The van der Waals surface area contributed by atoms with Crippen molar-refractivity contribution in [3.8, 4) is 11.3 Å². The Kier molecular flexibility index (Phi) is 5.85. The number of hydrazone groups is 1. The van der Waals surface area contributed by atoms with Crippen molar-refractivity contribution >= 4 is 35.0 Å². The Morgan fingerprint density at radius 1 is 1.09 bits per heavy atom. The highest BCUT2D eigenvalue weighted by atomic mass is 16.6. The van der Waals surface area contributed by atoms with E-state index in [1.165, 1.54) is 11.1 Å². The standard InChI is InChI=1S/C25H22N4O5/c1-14-11-21(22(29(32)33)12-15(14)2)23-10-9-19(34-23)13-20-16(3)27-28(25(20)31)18-7-5-17(6-8-18)24(30)26-4/h5-13H,1-4H3,(H,26,30). The van der Waals surface area contributed by atoms with Gasteiger partial charge in [0.2, 0.25) is 0 Å². The fourth-order valence-corrected chi connectivity index (χ4v) is 3.62. The summed E-state index contributed by atoms with van der Waals surface area (Å²) in [6, 6.07) is 13.1. The molecule has 4 rings (SSSR count). The van der Waals surface area contributed by atoms with Crippen LogP contribution in [0.3, 0.4) is 0 Å². The zero-order valence-corrected chi connectivity index (χ0v) is 19.1. The Bertz CT molecular complexity index is 1380. The summed E-state index contributed by atoms with van der Waals surface area (Å²) in [4.78, 5) is 35.9. The van der Waals surface area contributed by atoms with Gasteiger partial charge in [-0.2, -0.15) is 10.1 Å². The van der Waals surface area contributed by atoms with Crippen molar-refractivity contribution in [3.63, 3.8) is 0 Å². The number of anilines is 1. The highest BCUT2D eigenvalue weighted by Gasteiger charge is 2.29. The van der Waals surface area contributed by atoms with E-state index in [4.69, 9.17) is 4.42 Å². The smallest absolute Gasteiger partial charge is 0.280 e. The van der Waals surface area contributed by atoms with Crippen molar-refractivity contribution in [1.29, 1.82) is 0 Å². The lowest BCUT2D eigenvalue weighted by Crippen LogP contribution is -2.22. The van der Waals surface area contributed by atoms with Crippen LogP contribution in [0.4, 0.5) is 11.4 Å². The summed E-state index contributed by atoms with van der Waals surface area (Å²) >= 11 is 0. The van der Waals surface area contributed by atoms with Gasteiger partial charge in [0.15, 0.2) is 0 Å². The predicted molar refractivity (Wildman–Crippen MR) is 129 cm³/mol. The molecule has 0 atom stereocenters. The van der Waals surface area contributed by atoms with E-state index in [0.717, 1.165) is 11.1 Å². The Morgan fingerprint density at radius 3 is 2.41 bits per heavy atom. The van der Waals surface area contributed by atoms with Gasteiger partial charge in [-0.1, -0.05) is 0 Å². The van der Waals surface area contributed by atoms with Gasteiger partial charge in [-0.15, -0.1) is 0 Å². The van der Waals surface area contributed by atoms with Gasteiger partial charge in [-0.25, -0.2) is 0 Å². The average molecular weight is 458 g/mol. The molecule has 9 nitrogen and oxygen atoms in total. The second kappa shape index (κ2) is 8.78. The third kappa shape index (κ3) is 4.11. The van der Waals surface area contributed by atoms with Gasteiger partial charge < -0.3 is 9.73 Å². The Morgan fingerprint density at radius 2 is 1.76 bits per heavy atom. The molecule has 1 aliphatic heterocycles. The first-order valence-corrected chi connectivity index (χ1v) is 10.5. The van der Waals surface area contributed by atoms with Crippen molar-refractivity contribution in [3.05, 3.63) is 86.7 Å². The largest absolute Gasteiger partial charge is 0.456 e. The summed E-state index contributed by atoms with van der Waals surface area (Å²) in [7, 11) is 1.54. The van der Waals surface area contributed by atoms with Crippen LogP contribution in [0.1, 0.15) is 34.2 Å². The maximum absolute atomic E-state index is 13.0. The van der Waals surface area contributed by atoms with Crippen molar-refractivity contribution in [1.82, 2.24) is 5.32 Å². The lowest BCUT2D eigenvalue weighted by atomic mass is 10.0. The van der Waals surface area contributed by atoms with E-state index < -0.39 is 4.92 Å². The highest BCUT2D eigenvalue weighted by molar-refractivity contribution is 6.32. The van der Waals surface area contributed by atoms with Crippen LogP contribution in [-0.4, -0.2) is 29.5 Å². The molecular formula is C25H22N4O5. The Labute approximate surface area is 195 Å². The SMILES string of the molecule is CNC(=O)c1ccc(N2N=C(C)C(=Cc3ccc(-c4cc(C)c(C)cc4[N+](=O)[O-])o3)C2=O)cc1. The van der Waals surface area contributed by atoms with Crippen LogP contribution in [0.25, 0.3) is 17.4 Å². The lowest BCUT2D eigenvalue weighted by molar-refractivity contribution is -0.384. The number of rotatable bonds is 5. The monoisotopic (exact) mass is 458 g/mol. The second-order valence-electron chi connectivity index (χ2n) is 7.90. The van der Waals surface area contributed by atoms with Crippen LogP contribution in [-0.2, 0) is 4.79 Å². The summed E-state index contributed by atoms with van der Waals surface area (Å²) in [6.45, 7) is 5.40. The van der Waals surface area contributed by atoms with E-state index in [1.54, 1.807) is 62.5 Å². The molecule has 0 saturated heterocycles. The molecule has 2 aromatic carbocycles. The maximum atomic E-state index is 13.0. The van der Waals surface area contributed by atoms with E-state index >= 15 is 0 Å². The van der Waals surface area contributed by atoms with Gasteiger partial charge in [0.1, 0.15) is 11.5 Å². The zero-order chi connectivity index (χ0) is 24.6. The molecule has 0 radical (unpaired) electrons. The van der Waals surface area contributed by atoms with Gasteiger partial charge in [0.25, 0.3) is 17.5 Å². The number of nitro groups is 1. The first-order chi connectivity index (χ1) is 16.2. The van der Waals surface area contributed by atoms with Gasteiger partial charge >= 0.3 is 0 Å². The van der Waals surface area contributed by atoms with Crippen molar-refractivity contribution in [2.45, 2.75) is 20.8 Å². The quantitative estimate of drug-likeness (QED) is 0.340. The molecule has 172 valence electrons. The number of furan rings is 1. The van der Waals surface area contributed by atoms with E-state index in [9.17, 15) is 19.7 Å². The molecule has 34 heavy (non-hydrogen) atoms. The van der Waals surface area contributed by atoms with Crippen LogP contribution in [0.5, 0.6) is 0 Å². The third-order valence-corrected chi connectivity index (χ3v) is 5.65. The zero-order valence-electron chi connectivity index (χ0n) is 19.1. The number of aryl methyl sites for hydroxylation is 2. The number of carbonyl (C=O) groups excluding carboxylic acids is 2. The number of benzene rings is 2. The summed E-state index contributed by atoms with van der Waals surface area (Å²) in [5.74, 6) is 0.137.